The molecular formula is C10H19NO5S. The molecule has 1 aliphatic rings. The number of nitrogens with zero attached hydrogens (tertiary/aromatic N) is 1. The molecule has 7 heteroatoms. The van der Waals surface area contributed by atoms with Crippen molar-refractivity contribution in [3.05, 3.63) is 0 Å². The summed E-state index contributed by atoms with van der Waals surface area (Å²) in [7, 11) is -1.91. The summed E-state index contributed by atoms with van der Waals surface area (Å²) >= 11 is 0. The molecule has 100 valence electrons. The molecule has 0 aromatic carbocycles. The Kier molecular flexibility index (Phi) is 5.35. The highest BCUT2D eigenvalue weighted by Crippen LogP contribution is 2.18. The third-order valence-corrected chi connectivity index (χ3v) is 4.93. The molecule has 17 heavy (non-hydrogen) atoms. The van der Waals surface area contributed by atoms with Crippen molar-refractivity contribution in [3.8, 4) is 0 Å². The Morgan fingerprint density at radius 1 is 1.41 bits per heavy atom. The van der Waals surface area contributed by atoms with Gasteiger partial charge in [0.25, 0.3) is 0 Å². The average molecular weight is 265 g/mol. The van der Waals surface area contributed by atoms with Crippen LogP contribution < -0.4 is 0 Å². The van der Waals surface area contributed by atoms with Crippen molar-refractivity contribution in [3.63, 3.8) is 0 Å². The number of hydrogen-bond acceptors (Lipinski definition) is 4. The zero-order valence-electron chi connectivity index (χ0n) is 9.96. The summed E-state index contributed by atoms with van der Waals surface area (Å²) in [6.45, 7) is 1.25. The fraction of sp³-hybridized carbons (Fsp3) is 0.900. The zero-order chi connectivity index (χ0) is 12.9. The smallest absolute Gasteiger partial charge is 0.304 e. The van der Waals surface area contributed by atoms with Gasteiger partial charge in [-0.25, -0.2) is 12.7 Å². The summed E-state index contributed by atoms with van der Waals surface area (Å²) in [5.74, 6) is -0.772. The summed E-state index contributed by atoms with van der Waals surface area (Å²) in [6.07, 6.45) is 1.35. The number of carboxylic acid groups (broad SMARTS) is 1. The molecule has 1 rings (SSSR count). The van der Waals surface area contributed by atoms with Crippen LogP contribution in [0, 0.1) is 5.92 Å². The first-order valence-electron chi connectivity index (χ1n) is 5.65. The van der Waals surface area contributed by atoms with E-state index >= 15 is 0 Å². The van der Waals surface area contributed by atoms with E-state index in [1.807, 2.05) is 0 Å². The minimum atomic E-state index is -3.34. The first-order valence-corrected chi connectivity index (χ1v) is 7.26. The van der Waals surface area contributed by atoms with Gasteiger partial charge in [-0.05, 0) is 18.8 Å². The van der Waals surface area contributed by atoms with E-state index in [0.717, 1.165) is 17.1 Å². The number of hydrogen-bond donors (Lipinski definition) is 1. The van der Waals surface area contributed by atoms with Crippen LogP contribution in [0.2, 0.25) is 0 Å². The fourth-order valence-corrected chi connectivity index (χ4v) is 3.28. The number of sulfonamides is 1. The standard InChI is InChI=1S/C10H19NO5S/c1-11(5-2-10(12)13)17(14,15)8-9-3-6-16-7-4-9/h9H,2-8H2,1H3,(H,12,13). The van der Waals surface area contributed by atoms with Crippen molar-refractivity contribution in [1.82, 2.24) is 4.31 Å². The quantitative estimate of drug-likeness (QED) is 0.739. The van der Waals surface area contributed by atoms with Crippen molar-refractivity contribution in [2.45, 2.75) is 19.3 Å². The topological polar surface area (TPSA) is 83.9 Å². The lowest BCUT2D eigenvalue weighted by molar-refractivity contribution is -0.137. The molecule has 0 unspecified atom stereocenters. The molecular weight excluding hydrogens is 246 g/mol. The highest BCUT2D eigenvalue weighted by Gasteiger charge is 2.25. The maximum absolute atomic E-state index is 11.9. The molecule has 0 aliphatic carbocycles. The second-order valence-corrected chi connectivity index (χ2v) is 6.42. The molecule has 0 radical (unpaired) electrons. The van der Waals surface area contributed by atoms with Crippen LogP contribution in [0.1, 0.15) is 19.3 Å². The van der Waals surface area contributed by atoms with Crippen LogP contribution in [-0.2, 0) is 19.6 Å². The number of carboxylic acids is 1. The van der Waals surface area contributed by atoms with Gasteiger partial charge >= 0.3 is 5.97 Å². The van der Waals surface area contributed by atoms with Crippen molar-refractivity contribution in [2.75, 3.05) is 32.6 Å². The van der Waals surface area contributed by atoms with Gasteiger partial charge in [0.2, 0.25) is 10.0 Å². The van der Waals surface area contributed by atoms with Gasteiger partial charge in [-0.2, -0.15) is 0 Å². The molecule has 1 N–H and O–H groups in total. The molecule has 0 bridgehead atoms. The molecule has 0 amide bonds. The maximum Gasteiger partial charge on any atom is 0.304 e. The zero-order valence-corrected chi connectivity index (χ0v) is 10.8. The van der Waals surface area contributed by atoms with Gasteiger partial charge in [0, 0.05) is 26.8 Å². The Morgan fingerprint density at radius 2 is 2.00 bits per heavy atom. The van der Waals surface area contributed by atoms with Gasteiger partial charge < -0.3 is 9.84 Å². The molecule has 6 nitrogen and oxygen atoms in total. The van der Waals surface area contributed by atoms with Gasteiger partial charge in [-0.15, -0.1) is 0 Å². The van der Waals surface area contributed by atoms with Gasteiger partial charge in [-0.3, -0.25) is 4.79 Å². The van der Waals surface area contributed by atoms with Crippen LogP contribution in [0.4, 0.5) is 0 Å². The molecule has 1 heterocycles. The van der Waals surface area contributed by atoms with E-state index in [9.17, 15) is 13.2 Å². The highest BCUT2D eigenvalue weighted by molar-refractivity contribution is 7.89. The monoisotopic (exact) mass is 265 g/mol. The van der Waals surface area contributed by atoms with Crippen molar-refractivity contribution in [2.24, 2.45) is 5.92 Å². The summed E-state index contributed by atoms with van der Waals surface area (Å²) in [5.41, 5.74) is 0. The largest absolute Gasteiger partial charge is 0.481 e. The maximum atomic E-state index is 11.9. The number of ether oxygens (including phenoxy) is 1. The highest BCUT2D eigenvalue weighted by atomic mass is 32.2. The van der Waals surface area contributed by atoms with Crippen LogP contribution in [0.15, 0.2) is 0 Å². The Hall–Kier alpha value is -0.660. The predicted molar refractivity (Wildman–Crippen MR) is 62.2 cm³/mol. The lowest BCUT2D eigenvalue weighted by Gasteiger charge is -2.24. The minimum absolute atomic E-state index is 0.0287. The van der Waals surface area contributed by atoms with Gasteiger partial charge in [0.15, 0.2) is 0 Å². The predicted octanol–water partition coefficient (Wildman–Crippen LogP) is 0.149. The van der Waals surface area contributed by atoms with E-state index in [1.165, 1.54) is 7.05 Å². The van der Waals surface area contributed by atoms with Gasteiger partial charge in [0.1, 0.15) is 0 Å². The van der Waals surface area contributed by atoms with Gasteiger partial charge in [-0.1, -0.05) is 0 Å². The van der Waals surface area contributed by atoms with Crippen molar-refractivity contribution >= 4 is 16.0 Å². The Bertz CT molecular complexity index is 348. The van der Waals surface area contributed by atoms with E-state index in [2.05, 4.69) is 0 Å². The second kappa shape index (κ2) is 6.32. The summed E-state index contributed by atoms with van der Waals surface area (Å²) in [4.78, 5) is 10.4. The Labute approximate surface area is 102 Å². The minimum Gasteiger partial charge on any atom is -0.481 e. The SMILES string of the molecule is CN(CCC(=O)O)S(=O)(=O)CC1CCOCC1. The van der Waals surface area contributed by atoms with E-state index in [-0.39, 0.29) is 24.6 Å². The summed E-state index contributed by atoms with van der Waals surface area (Å²) in [5, 5.41) is 8.51. The van der Waals surface area contributed by atoms with Crippen LogP contribution >= 0.6 is 0 Å². The van der Waals surface area contributed by atoms with E-state index in [4.69, 9.17) is 9.84 Å². The normalized spacial score (nSPS) is 18.5. The Balaban J connectivity index is 2.45. The van der Waals surface area contributed by atoms with E-state index in [1.54, 1.807) is 0 Å². The van der Waals surface area contributed by atoms with Crippen LogP contribution in [0.5, 0.6) is 0 Å². The van der Waals surface area contributed by atoms with Crippen LogP contribution in [-0.4, -0.2) is 56.4 Å². The van der Waals surface area contributed by atoms with Crippen LogP contribution in [0.25, 0.3) is 0 Å². The molecule has 0 spiro atoms. The van der Waals surface area contributed by atoms with E-state index < -0.39 is 16.0 Å². The van der Waals surface area contributed by atoms with Crippen molar-refractivity contribution in [1.29, 1.82) is 0 Å². The molecule has 0 aromatic rings. The molecule has 0 saturated carbocycles. The van der Waals surface area contributed by atoms with Gasteiger partial charge in [0.05, 0.1) is 12.2 Å². The molecule has 1 saturated heterocycles. The summed E-state index contributed by atoms with van der Waals surface area (Å²) in [6, 6.07) is 0. The average Bonchev–Trinajstić information content (AvgIpc) is 2.26. The van der Waals surface area contributed by atoms with Crippen LogP contribution in [0.3, 0.4) is 0 Å². The number of aliphatic carboxylic acids is 1. The lowest BCUT2D eigenvalue weighted by Crippen LogP contribution is -2.35. The third kappa shape index (κ3) is 5.01. The number of rotatable bonds is 6. The molecule has 1 fully saturated rings. The fourth-order valence-electron chi connectivity index (χ4n) is 1.73. The third-order valence-electron chi connectivity index (χ3n) is 2.90. The molecule has 0 atom stereocenters. The first-order chi connectivity index (χ1) is 7.92. The molecule has 0 aromatic heterocycles. The Morgan fingerprint density at radius 3 is 2.53 bits per heavy atom. The second-order valence-electron chi connectivity index (χ2n) is 4.30. The van der Waals surface area contributed by atoms with Crippen molar-refractivity contribution < 1.29 is 23.1 Å². The first kappa shape index (κ1) is 14.4. The van der Waals surface area contributed by atoms with E-state index in [0.29, 0.717) is 13.2 Å². The number of carbonyl (C=O) groups is 1. The molecule has 1 aliphatic heterocycles. The lowest BCUT2D eigenvalue weighted by atomic mass is 10.0. The summed E-state index contributed by atoms with van der Waals surface area (Å²) < 4.78 is 30.1.